The lowest BCUT2D eigenvalue weighted by Crippen LogP contribution is -2.49. The molecule has 1 aromatic carbocycles. The molecule has 210 valence electrons. The molecule has 0 aromatic heterocycles. The Morgan fingerprint density at radius 3 is 2.58 bits per heavy atom. The lowest BCUT2D eigenvalue weighted by molar-refractivity contribution is -0.137. The number of carbonyl (C=O) groups is 3. The lowest BCUT2D eigenvalue weighted by atomic mass is 9.55. The number of hydrogen-bond acceptors (Lipinski definition) is 5. The van der Waals surface area contributed by atoms with Gasteiger partial charge in [-0.3, -0.25) is 14.4 Å². The fourth-order valence-corrected chi connectivity index (χ4v) is 9.54. The number of benzene rings is 1. The van der Waals surface area contributed by atoms with Gasteiger partial charge in [0, 0.05) is 22.8 Å². The molecular formula is C35H40O5. The average Bonchev–Trinajstić information content (AvgIpc) is 3.60. The van der Waals surface area contributed by atoms with Crippen LogP contribution in [0.2, 0.25) is 0 Å². The van der Waals surface area contributed by atoms with Crippen LogP contribution in [0, 0.1) is 22.7 Å². The summed E-state index contributed by atoms with van der Waals surface area (Å²) in [6, 6.07) is 6.16. The van der Waals surface area contributed by atoms with E-state index in [1.165, 1.54) is 11.1 Å². The molecule has 0 bridgehead atoms. The van der Waals surface area contributed by atoms with Gasteiger partial charge in [0.15, 0.2) is 5.78 Å². The number of aryl methyl sites for hydroxylation is 1. The summed E-state index contributed by atoms with van der Waals surface area (Å²) >= 11 is 0. The Morgan fingerprint density at radius 1 is 1.05 bits per heavy atom. The minimum atomic E-state index is -1.36. The summed E-state index contributed by atoms with van der Waals surface area (Å²) in [5, 5.41) is 11.1. The Bertz CT molecular complexity index is 1460. The minimum Gasteiger partial charge on any atom is -0.427 e. The van der Waals surface area contributed by atoms with Crippen molar-refractivity contribution in [3.05, 3.63) is 63.3 Å². The number of carbonyl (C=O) groups excluding carboxylic acids is 3. The summed E-state index contributed by atoms with van der Waals surface area (Å²) in [5.74, 6) is 2.20. The maximum absolute atomic E-state index is 13.2. The van der Waals surface area contributed by atoms with E-state index in [4.69, 9.17) is 4.74 Å². The monoisotopic (exact) mass is 540 g/mol. The summed E-state index contributed by atoms with van der Waals surface area (Å²) < 4.78 is 5.84. The molecule has 3 fully saturated rings. The third kappa shape index (κ3) is 3.45. The van der Waals surface area contributed by atoms with Gasteiger partial charge in [0.2, 0.25) is 0 Å². The predicted molar refractivity (Wildman–Crippen MR) is 152 cm³/mol. The van der Waals surface area contributed by atoms with E-state index in [2.05, 4.69) is 19.1 Å². The van der Waals surface area contributed by atoms with Gasteiger partial charge in [-0.05, 0) is 136 Å². The van der Waals surface area contributed by atoms with E-state index in [1.54, 1.807) is 6.92 Å². The maximum Gasteiger partial charge on any atom is 0.311 e. The van der Waals surface area contributed by atoms with E-state index in [0.717, 1.165) is 73.7 Å². The second-order valence-electron chi connectivity index (χ2n) is 13.9. The molecule has 40 heavy (non-hydrogen) atoms. The zero-order chi connectivity index (χ0) is 28.2. The molecule has 5 atom stereocenters. The van der Waals surface area contributed by atoms with Crippen LogP contribution in [0.1, 0.15) is 103 Å². The van der Waals surface area contributed by atoms with Crippen molar-refractivity contribution >= 4 is 17.5 Å². The van der Waals surface area contributed by atoms with Crippen molar-refractivity contribution in [3.8, 4) is 5.75 Å². The molecule has 7 rings (SSSR count). The molecule has 6 aliphatic carbocycles. The van der Waals surface area contributed by atoms with Crippen LogP contribution in [0.25, 0.3) is 0 Å². The van der Waals surface area contributed by atoms with Gasteiger partial charge in [-0.25, -0.2) is 0 Å². The van der Waals surface area contributed by atoms with Gasteiger partial charge in [-0.15, -0.1) is 0 Å². The summed E-state index contributed by atoms with van der Waals surface area (Å²) in [5.41, 5.74) is 5.40. The van der Waals surface area contributed by atoms with Crippen molar-refractivity contribution in [2.75, 3.05) is 0 Å². The van der Waals surface area contributed by atoms with Crippen molar-refractivity contribution < 1.29 is 24.2 Å². The fraction of sp³-hybridized carbons (Fsp3) is 0.571. The molecule has 1 aromatic rings. The van der Waals surface area contributed by atoms with Gasteiger partial charge in [0.25, 0.3) is 0 Å². The van der Waals surface area contributed by atoms with Gasteiger partial charge in [0.05, 0.1) is 6.42 Å². The molecule has 0 amide bonds. The third-order valence-corrected chi connectivity index (χ3v) is 12.1. The Hall–Kier alpha value is -2.79. The highest BCUT2D eigenvalue weighted by molar-refractivity contribution is 6.10. The first-order chi connectivity index (χ1) is 19.0. The van der Waals surface area contributed by atoms with Crippen LogP contribution in [0.4, 0.5) is 0 Å². The van der Waals surface area contributed by atoms with Gasteiger partial charge in [-0.2, -0.15) is 0 Å². The highest BCUT2D eigenvalue weighted by Crippen LogP contribution is 2.65. The molecule has 0 heterocycles. The van der Waals surface area contributed by atoms with Gasteiger partial charge in [0.1, 0.15) is 17.1 Å². The molecular weight excluding hydrogens is 500 g/mol. The molecule has 0 aliphatic heterocycles. The van der Waals surface area contributed by atoms with Gasteiger partial charge < -0.3 is 9.84 Å². The predicted octanol–water partition coefficient (Wildman–Crippen LogP) is 6.48. The molecule has 5 heteroatoms. The summed E-state index contributed by atoms with van der Waals surface area (Å²) in [7, 11) is 0. The Morgan fingerprint density at radius 2 is 1.82 bits per heavy atom. The van der Waals surface area contributed by atoms with E-state index < -0.39 is 11.0 Å². The Balaban J connectivity index is 1.04. The molecule has 0 radical (unpaired) electrons. The van der Waals surface area contributed by atoms with Crippen molar-refractivity contribution in [1.82, 2.24) is 0 Å². The topological polar surface area (TPSA) is 80.7 Å². The molecule has 1 N–H and O–H groups in total. The first-order valence-electron chi connectivity index (χ1n) is 15.3. The zero-order valence-corrected chi connectivity index (χ0v) is 24.2. The van der Waals surface area contributed by atoms with Crippen LogP contribution in [0.3, 0.4) is 0 Å². The highest BCUT2D eigenvalue weighted by Gasteiger charge is 2.65. The SMILES string of the molecule is CC1=C(CCC(=O)Oc2ccc3c(c2)CCC2C3CC[C@]3(C)C(=O)CCC23)C2=C(C)C3(CC3)[C@@](C)(O)C(=O)C2=C1. The first kappa shape index (κ1) is 26.1. The van der Waals surface area contributed by atoms with Crippen LogP contribution >= 0.6 is 0 Å². The average molecular weight is 541 g/mol. The van der Waals surface area contributed by atoms with Crippen LogP contribution < -0.4 is 4.74 Å². The standard InChI is InChI=1S/C35H40O5/c1-19-17-27-31(20(2)35(15-16-35)34(4,39)32(27)38)23(19)9-12-30(37)40-22-6-8-24-21(18-22)5-7-26-25(24)13-14-33(3)28(26)10-11-29(33)36/h6,8,17-18,25-26,28,39H,5,7,9-16H2,1-4H3/t25?,26?,28?,33-,34-/m0/s1. The molecule has 0 saturated heterocycles. The minimum absolute atomic E-state index is 0.117. The highest BCUT2D eigenvalue weighted by atomic mass is 16.5. The van der Waals surface area contributed by atoms with E-state index in [-0.39, 0.29) is 23.6 Å². The van der Waals surface area contributed by atoms with E-state index in [9.17, 15) is 19.5 Å². The fourth-order valence-electron chi connectivity index (χ4n) is 9.54. The summed E-state index contributed by atoms with van der Waals surface area (Å²) in [6.45, 7) is 7.90. The molecule has 3 saturated carbocycles. The second-order valence-corrected chi connectivity index (χ2v) is 13.9. The van der Waals surface area contributed by atoms with Crippen molar-refractivity contribution in [3.63, 3.8) is 0 Å². The normalized spacial score (nSPS) is 35.3. The zero-order valence-electron chi connectivity index (χ0n) is 24.2. The third-order valence-electron chi connectivity index (χ3n) is 12.1. The molecule has 5 nitrogen and oxygen atoms in total. The van der Waals surface area contributed by atoms with Crippen LogP contribution in [0.15, 0.2) is 52.1 Å². The van der Waals surface area contributed by atoms with E-state index >= 15 is 0 Å². The number of fused-ring (bicyclic) bond motifs is 6. The number of allylic oxidation sites excluding steroid dienone is 4. The van der Waals surface area contributed by atoms with E-state index in [0.29, 0.717) is 41.3 Å². The van der Waals surface area contributed by atoms with Crippen molar-refractivity contribution in [1.29, 1.82) is 0 Å². The summed E-state index contributed by atoms with van der Waals surface area (Å²) in [4.78, 5) is 38.8. The van der Waals surface area contributed by atoms with Crippen LogP contribution in [0.5, 0.6) is 5.75 Å². The Kier molecular flexibility index (Phi) is 5.62. The van der Waals surface area contributed by atoms with E-state index in [1.807, 2.05) is 26.0 Å². The number of esters is 1. The van der Waals surface area contributed by atoms with Gasteiger partial charge >= 0.3 is 5.97 Å². The van der Waals surface area contributed by atoms with Crippen molar-refractivity contribution in [2.24, 2.45) is 22.7 Å². The summed E-state index contributed by atoms with van der Waals surface area (Å²) in [6.07, 6.45) is 10.2. The smallest absolute Gasteiger partial charge is 0.311 e. The number of rotatable bonds is 4. The number of ketones is 2. The van der Waals surface area contributed by atoms with Gasteiger partial charge in [-0.1, -0.05) is 18.6 Å². The number of aliphatic hydroxyl groups is 1. The number of ether oxygens (including phenoxy) is 1. The first-order valence-corrected chi connectivity index (χ1v) is 15.3. The molecule has 6 aliphatic rings. The maximum atomic E-state index is 13.2. The largest absolute Gasteiger partial charge is 0.427 e. The van der Waals surface area contributed by atoms with Crippen LogP contribution in [-0.2, 0) is 20.8 Å². The van der Waals surface area contributed by atoms with Crippen molar-refractivity contribution in [2.45, 2.75) is 103 Å². The van der Waals surface area contributed by atoms with Crippen LogP contribution in [-0.4, -0.2) is 28.2 Å². The number of Topliss-reactive ketones (excluding diaryl/α,β-unsaturated/α-hetero) is 2. The quantitative estimate of drug-likeness (QED) is 0.349. The Labute approximate surface area is 236 Å². The molecule has 1 spiro atoms. The molecule has 3 unspecified atom stereocenters. The number of hydrogen-bond donors (Lipinski definition) is 1. The lowest BCUT2D eigenvalue weighted by Gasteiger charge is -2.48. The second kappa shape index (κ2) is 8.61.